The third kappa shape index (κ3) is 4.69. The second kappa shape index (κ2) is 10.2. The van der Waals surface area contributed by atoms with Crippen LogP contribution in [0.25, 0.3) is 11.1 Å². The van der Waals surface area contributed by atoms with E-state index in [1.165, 1.54) is 74.5 Å². The summed E-state index contributed by atoms with van der Waals surface area (Å²) in [6, 6.07) is 14.5. The topological polar surface area (TPSA) is 46.3 Å². The van der Waals surface area contributed by atoms with Gasteiger partial charge in [0.1, 0.15) is 0 Å². The minimum atomic E-state index is -0.377. The van der Waals surface area contributed by atoms with Gasteiger partial charge in [-0.2, -0.15) is 0 Å². The first-order valence-corrected chi connectivity index (χ1v) is 13.6. The van der Waals surface area contributed by atoms with Crippen molar-refractivity contribution in [2.24, 2.45) is 17.1 Å². The van der Waals surface area contributed by atoms with Gasteiger partial charge in [-0.05, 0) is 105 Å². The van der Waals surface area contributed by atoms with Crippen molar-refractivity contribution in [1.29, 1.82) is 0 Å². The van der Waals surface area contributed by atoms with Crippen molar-refractivity contribution in [2.45, 2.75) is 97.6 Å². The monoisotopic (exact) mass is 460 g/mol. The van der Waals surface area contributed by atoms with Crippen molar-refractivity contribution in [3.05, 3.63) is 59.2 Å². The van der Waals surface area contributed by atoms with Crippen LogP contribution in [0.15, 0.2) is 42.5 Å². The second-order valence-corrected chi connectivity index (χ2v) is 11.3. The summed E-state index contributed by atoms with van der Waals surface area (Å²) in [6.45, 7) is 11.6. The van der Waals surface area contributed by atoms with E-state index in [1.54, 1.807) is 6.07 Å². The molecule has 34 heavy (non-hydrogen) atoms. The molecule has 1 atom stereocenters. The van der Waals surface area contributed by atoms with E-state index < -0.39 is 0 Å². The van der Waals surface area contributed by atoms with Crippen molar-refractivity contribution in [2.75, 3.05) is 6.54 Å². The van der Waals surface area contributed by atoms with Gasteiger partial charge in [-0.1, -0.05) is 63.4 Å². The van der Waals surface area contributed by atoms with Crippen LogP contribution in [0.3, 0.4) is 0 Å². The molecule has 1 amide bonds. The number of nitrogens with zero attached hydrogens (tertiary/aromatic N) is 1. The molecule has 2 N–H and O–H groups in total. The predicted octanol–water partition coefficient (Wildman–Crippen LogP) is 7.50. The average Bonchev–Trinajstić information content (AvgIpc) is 3.46. The highest BCUT2D eigenvalue weighted by Crippen LogP contribution is 2.62. The SMILES string of the molecule is CCCCCC(C)(N(CC)Cc1ccc(-c2cccc(C(N)=O)c2)c(C)c1)C12CCC(CC1)C2. The zero-order valence-corrected chi connectivity index (χ0v) is 21.8. The molecule has 0 aliphatic heterocycles. The lowest BCUT2D eigenvalue weighted by atomic mass is 9.65. The van der Waals surface area contributed by atoms with Crippen LogP contribution in [0.1, 0.15) is 100 Å². The van der Waals surface area contributed by atoms with Gasteiger partial charge >= 0.3 is 0 Å². The molecule has 2 fully saturated rings. The standard InChI is InChI=1S/C31H44N2O/c1-5-7-8-16-30(4,31-17-14-24(21-31)15-18-31)33(6-2)22-25-12-13-28(23(3)19-25)26-10-9-11-27(20-26)29(32)34/h9-13,19-20,24H,5-8,14-18,21-22H2,1-4H3,(H2,32,34). The Morgan fingerprint density at radius 2 is 1.88 bits per heavy atom. The van der Waals surface area contributed by atoms with Gasteiger partial charge in [-0.25, -0.2) is 0 Å². The van der Waals surface area contributed by atoms with Crippen LogP contribution in [0.4, 0.5) is 0 Å². The van der Waals surface area contributed by atoms with Gasteiger partial charge in [0.05, 0.1) is 0 Å². The molecule has 2 saturated carbocycles. The maximum absolute atomic E-state index is 11.6. The normalized spacial score (nSPS) is 23.4. The van der Waals surface area contributed by atoms with Gasteiger partial charge in [0.15, 0.2) is 0 Å². The molecule has 0 heterocycles. The number of primary amides is 1. The molecule has 3 heteroatoms. The number of hydrogen-bond donors (Lipinski definition) is 1. The van der Waals surface area contributed by atoms with E-state index in [9.17, 15) is 4.79 Å². The fourth-order valence-corrected chi connectivity index (χ4v) is 7.27. The Morgan fingerprint density at radius 1 is 1.12 bits per heavy atom. The maximum atomic E-state index is 11.6. The van der Waals surface area contributed by atoms with Gasteiger partial charge in [-0.15, -0.1) is 0 Å². The first-order valence-electron chi connectivity index (χ1n) is 13.6. The smallest absolute Gasteiger partial charge is 0.248 e. The second-order valence-electron chi connectivity index (χ2n) is 11.3. The Morgan fingerprint density at radius 3 is 2.47 bits per heavy atom. The van der Waals surface area contributed by atoms with Crippen molar-refractivity contribution in [1.82, 2.24) is 4.90 Å². The van der Waals surface area contributed by atoms with E-state index in [-0.39, 0.29) is 11.4 Å². The van der Waals surface area contributed by atoms with Gasteiger partial charge in [-0.3, -0.25) is 9.69 Å². The number of nitrogens with two attached hydrogens (primary N) is 1. The number of aryl methyl sites for hydroxylation is 1. The minimum absolute atomic E-state index is 0.268. The molecule has 0 saturated heterocycles. The highest BCUT2D eigenvalue weighted by atomic mass is 16.1. The van der Waals surface area contributed by atoms with Crippen LogP contribution in [-0.4, -0.2) is 22.9 Å². The van der Waals surface area contributed by atoms with E-state index in [1.807, 2.05) is 12.1 Å². The molecule has 0 aromatic heterocycles. The molecule has 2 aliphatic rings. The Hall–Kier alpha value is -2.13. The summed E-state index contributed by atoms with van der Waals surface area (Å²) < 4.78 is 0. The number of carbonyl (C=O) groups excluding carboxylic acids is 1. The Labute approximate surface area is 207 Å². The van der Waals surface area contributed by atoms with Gasteiger partial charge in [0.2, 0.25) is 5.91 Å². The number of rotatable bonds is 11. The summed E-state index contributed by atoms with van der Waals surface area (Å²) in [5.41, 5.74) is 11.7. The number of benzene rings is 2. The van der Waals surface area contributed by atoms with Gasteiger partial charge < -0.3 is 5.73 Å². The number of unbranched alkanes of at least 4 members (excludes halogenated alkanes) is 2. The first-order chi connectivity index (χ1) is 16.3. The zero-order chi connectivity index (χ0) is 24.3. The molecule has 184 valence electrons. The van der Waals surface area contributed by atoms with Crippen molar-refractivity contribution in [3.8, 4) is 11.1 Å². The van der Waals surface area contributed by atoms with Crippen LogP contribution in [-0.2, 0) is 6.54 Å². The molecule has 4 rings (SSSR count). The van der Waals surface area contributed by atoms with E-state index >= 15 is 0 Å². The quantitative estimate of drug-likeness (QED) is 0.353. The summed E-state index contributed by atoms with van der Waals surface area (Å²) in [5.74, 6) is 0.597. The summed E-state index contributed by atoms with van der Waals surface area (Å²) in [7, 11) is 0. The molecule has 0 radical (unpaired) electrons. The fourth-order valence-electron chi connectivity index (χ4n) is 7.27. The van der Waals surface area contributed by atoms with Crippen molar-refractivity contribution in [3.63, 3.8) is 0 Å². The zero-order valence-electron chi connectivity index (χ0n) is 21.8. The molecule has 3 nitrogen and oxygen atoms in total. The van der Waals surface area contributed by atoms with E-state index in [2.05, 4.69) is 56.9 Å². The van der Waals surface area contributed by atoms with Gasteiger partial charge in [0, 0.05) is 17.6 Å². The van der Waals surface area contributed by atoms with Crippen LogP contribution >= 0.6 is 0 Å². The van der Waals surface area contributed by atoms with E-state index in [0.29, 0.717) is 11.0 Å². The Kier molecular flexibility index (Phi) is 7.52. The summed E-state index contributed by atoms with van der Waals surface area (Å²) in [4.78, 5) is 14.5. The fraction of sp³-hybridized carbons (Fsp3) is 0.581. The van der Waals surface area contributed by atoms with Crippen molar-refractivity contribution >= 4 is 5.91 Å². The lowest BCUT2D eigenvalue weighted by Gasteiger charge is -2.53. The molecule has 2 aliphatic carbocycles. The maximum Gasteiger partial charge on any atom is 0.248 e. The largest absolute Gasteiger partial charge is 0.366 e. The van der Waals surface area contributed by atoms with Crippen LogP contribution < -0.4 is 5.73 Å². The molecular formula is C31H44N2O. The average molecular weight is 461 g/mol. The summed E-state index contributed by atoms with van der Waals surface area (Å²) in [6.07, 6.45) is 12.5. The van der Waals surface area contributed by atoms with E-state index in [4.69, 9.17) is 5.73 Å². The van der Waals surface area contributed by atoms with Crippen LogP contribution in [0.2, 0.25) is 0 Å². The van der Waals surface area contributed by atoms with Crippen molar-refractivity contribution < 1.29 is 4.79 Å². The lowest BCUT2D eigenvalue weighted by Crippen LogP contribution is -2.56. The van der Waals surface area contributed by atoms with Crippen LogP contribution in [0, 0.1) is 18.3 Å². The number of hydrogen-bond acceptors (Lipinski definition) is 2. The highest BCUT2D eigenvalue weighted by molar-refractivity contribution is 5.94. The molecular weight excluding hydrogens is 416 g/mol. The molecule has 2 bridgehead atoms. The third-order valence-electron chi connectivity index (χ3n) is 9.35. The predicted molar refractivity (Wildman–Crippen MR) is 143 cm³/mol. The highest BCUT2D eigenvalue weighted by Gasteiger charge is 2.57. The number of fused-ring (bicyclic) bond motifs is 2. The minimum Gasteiger partial charge on any atom is -0.366 e. The summed E-state index contributed by atoms with van der Waals surface area (Å²) in [5, 5.41) is 0. The Bertz CT molecular complexity index is 1000. The van der Waals surface area contributed by atoms with Crippen LogP contribution in [0.5, 0.6) is 0 Å². The summed E-state index contributed by atoms with van der Waals surface area (Å²) >= 11 is 0. The van der Waals surface area contributed by atoms with E-state index in [0.717, 1.165) is 24.6 Å². The number of carbonyl (C=O) groups is 1. The number of amides is 1. The lowest BCUT2D eigenvalue weighted by molar-refractivity contribution is -0.0312. The molecule has 0 spiro atoms. The Balaban J connectivity index is 1.59. The molecule has 1 unspecified atom stereocenters. The third-order valence-corrected chi connectivity index (χ3v) is 9.35. The first kappa shape index (κ1) is 25.0. The van der Waals surface area contributed by atoms with Gasteiger partial charge in [0.25, 0.3) is 0 Å². The molecule has 2 aromatic carbocycles. The molecule has 2 aromatic rings.